The summed E-state index contributed by atoms with van der Waals surface area (Å²) in [7, 11) is 0. The Balaban J connectivity index is 1.50. The maximum atomic E-state index is 13.8. The molecule has 1 saturated carbocycles. The molecule has 14 heteroatoms. The predicted octanol–water partition coefficient (Wildman–Crippen LogP) is 3.72. The lowest BCUT2D eigenvalue weighted by Gasteiger charge is -2.33. The molecule has 0 saturated heterocycles. The smallest absolute Gasteiger partial charge is 0.364 e. The number of amides is 3. The van der Waals surface area contributed by atoms with Crippen molar-refractivity contribution in [1.82, 2.24) is 20.8 Å². The van der Waals surface area contributed by atoms with Crippen LogP contribution in [0.15, 0.2) is 40.8 Å². The van der Waals surface area contributed by atoms with Gasteiger partial charge in [0, 0.05) is 31.0 Å². The van der Waals surface area contributed by atoms with E-state index in [1.807, 2.05) is 5.32 Å². The van der Waals surface area contributed by atoms with Crippen molar-refractivity contribution in [3.05, 3.63) is 53.1 Å². The Hall–Kier alpha value is -3.84. The Morgan fingerprint density at radius 3 is 2.62 bits per heavy atom. The minimum absolute atomic E-state index is 0.00720. The van der Waals surface area contributed by atoms with Crippen molar-refractivity contribution in [3.63, 3.8) is 0 Å². The molecular weight excluding hydrogens is 529 g/mol. The number of hydrogen-bond donors (Lipinski definition) is 3. The summed E-state index contributed by atoms with van der Waals surface area (Å²) in [6, 6.07) is -0.400. The number of alkyl halides is 5. The first-order chi connectivity index (χ1) is 18.4. The highest BCUT2D eigenvalue weighted by Crippen LogP contribution is 2.38. The molecule has 0 radical (unpaired) electrons. The first-order valence-corrected chi connectivity index (χ1v) is 12.3. The number of nitrogens with one attached hydrogen (secondary N) is 3. The minimum atomic E-state index is -4.62. The zero-order valence-corrected chi connectivity index (χ0v) is 20.8. The summed E-state index contributed by atoms with van der Waals surface area (Å²) in [6.07, 6.45) is -2.01. The molecular formula is C25H26F5N5O4. The monoisotopic (exact) mass is 555 g/mol. The van der Waals surface area contributed by atoms with Gasteiger partial charge in [0.1, 0.15) is 29.7 Å². The number of rotatable bonds is 8. The summed E-state index contributed by atoms with van der Waals surface area (Å²) < 4.78 is 71.3. The van der Waals surface area contributed by atoms with Gasteiger partial charge in [-0.2, -0.15) is 13.2 Å². The molecule has 210 valence electrons. The van der Waals surface area contributed by atoms with Crippen LogP contribution >= 0.6 is 0 Å². The zero-order chi connectivity index (χ0) is 28.4. The summed E-state index contributed by atoms with van der Waals surface area (Å²) in [5.74, 6) is -5.62. The van der Waals surface area contributed by atoms with E-state index in [1.165, 1.54) is 18.3 Å². The number of pyridine rings is 1. The van der Waals surface area contributed by atoms with E-state index < -0.39 is 60.7 Å². The molecule has 1 unspecified atom stereocenters. The highest BCUT2D eigenvalue weighted by molar-refractivity contribution is 6.01. The first-order valence-electron chi connectivity index (χ1n) is 12.3. The molecule has 0 aromatic carbocycles. The average Bonchev–Trinajstić information content (AvgIpc) is 3.49. The molecule has 2 aromatic rings. The molecule has 39 heavy (non-hydrogen) atoms. The molecule has 2 aromatic heterocycles. The molecule has 0 bridgehead atoms. The minimum Gasteiger partial charge on any atom is -0.364 e. The van der Waals surface area contributed by atoms with Crippen molar-refractivity contribution in [2.45, 2.75) is 69.6 Å². The number of aryl methyl sites for hydroxylation is 1. The van der Waals surface area contributed by atoms with Gasteiger partial charge in [-0.25, -0.2) is 13.8 Å². The van der Waals surface area contributed by atoms with Crippen LogP contribution in [0.3, 0.4) is 0 Å². The van der Waals surface area contributed by atoms with Crippen molar-refractivity contribution in [2.24, 2.45) is 5.92 Å². The number of halogens is 5. The lowest BCUT2D eigenvalue weighted by molar-refractivity contribution is -0.148. The summed E-state index contributed by atoms with van der Waals surface area (Å²) in [6.45, 7) is 1.76. The average molecular weight is 556 g/mol. The van der Waals surface area contributed by atoms with E-state index >= 15 is 0 Å². The quantitative estimate of drug-likeness (QED) is 0.427. The Bertz CT molecular complexity index is 1270. The van der Waals surface area contributed by atoms with Gasteiger partial charge in [0.15, 0.2) is 0 Å². The van der Waals surface area contributed by atoms with Crippen LogP contribution in [-0.4, -0.2) is 52.0 Å². The number of anilines is 1. The summed E-state index contributed by atoms with van der Waals surface area (Å²) in [4.78, 5) is 42.2. The molecule has 0 spiro atoms. The van der Waals surface area contributed by atoms with E-state index in [-0.39, 0.29) is 36.2 Å². The van der Waals surface area contributed by atoms with Crippen LogP contribution < -0.4 is 16.0 Å². The van der Waals surface area contributed by atoms with Crippen LogP contribution in [0.2, 0.25) is 0 Å². The van der Waals surface area contributed by atoms with Crippen molar-refractivity contribution in [1.29, 1.82) is 0 Å². The largest absolute Gasteiger partial charge is 0.412 e. The van der Waals surface area contributed by atoms with Crippen LogP contribution in [0, 0.1) is 5.92 Å². The highest BCUT2D eigenvalue weighted by atomic mass is 19.4. The molecule has 2 atom stereocenters. The molecule has 4 rings (SSSR count). The molecule has 3 amide bonds. The van der Waals surface area contributed by atoms with E-state index in [1.54, 1.807) is 6.92 Å². The van der Waals surface area contributed by atoms with E-state index in [0.29, 0.717) is 17.7 Å². The number of nitrogens with zero attached hydrogens (tertiary/aromatic N) is 2. The number of carbonyl (C=O) groups is 3. The fourth-order valence-corrected chi connectivity index (χ4v) is 4.66. The number of hydrogen-bond acceptors (Lipinski definition) is 6. The van der Waals surface area contributed by atoms with Gasteiger partial charge in [0.05, 0.1) is 5.69 Å². The van der Waals surface area contributed by atoms with Crippen LogP contribution in [0.1, 0.15) is 54.2 Å². The number of aromatic nitrogens is 2. The lowest BCUT2D eigenvalue weighted by atomic mass is 9.81. The van der Waals surface area contributed by atoms with Gasteiger partial charge in [0.25, 0.3) is 5.91 Å². The van der Waals surface area contributed by atoms with Crippen LogP contribution in [0.5, 0.6) is 0 Å². The van der Waals surface area contributed by atoms with Gasteiger partial charge in [-0.15, -0.1) is 0 Å². The van der Waals surface area contributed by atoms with Crippen molar-refractivity contribution >= 4 is 23.5 Å². The first kappa shape index (κ1) is 28.2. The second-order valence-corrected chi connectivity index (χ2v) is 9.57. The Kier molecular flexibility index (Phi) is 8.02. The second kappa shape index (κ2) is 11.1. The lowest BCUT2D eigenvalue weighted by Crippen LogP contribution is -2.50. The normalized spacial score (nSPS) is 20.2. The van der Waals surface area contributed by atoms with Gasteiger partial charge in [-0.3, -0.25) is 14.4 Å². The number of carbonyl (C=O) groups excluding carboxylic acids is 3. The highest BCUT2D eigenvalue weighted by Gasteiger charge is 2.43. The van der Waals surface area contributed by atoms with E-state index in [0.717, 1.165) is 12.3 Å². The van der Waals surface area contributed by atoms with Crippen LogP contribution in [0.4, 0.5) is 27.8 Å². The SMILES string of the molecule is CCc1nocc1C(=O)N[C@H](C(=O)Nc1cc(CC2=CC(C(F)(F)F)NC2=O)ccn1)C1CCC(F)(F)CC1. The maximum Gasteiger partial charge on any atom is 0.412 e. The fraction of sp³-hybridized carbons (Fsp3) is 0.480. The molecule has 9 nitrogen and oxygen atoms in total. The van der Waals surface area contributed by atoms with Gasteiger partial charge >= 0.3 is 6.18 Å². The van der Waals surface area contributed by atoms with Gasteiger partial charge in [-0.1, -0.05) is 12.1 Å². The molecule has 2 aliphatic rings. The van der Waals surface area contributed by atoms with E-state index in [9.17, 15) is 36.3 Å². The van der Waals surface area contributed by atoms with E-state index in [2.05, 4.69) is 20.8 Å². The Labute approximate surface area is 219 Å². The van der Waals surface area contributed by atoms with Gasteiger partial charge < -0.3 is 20.5 Å². The summed E-state index contributed by atoms with van der Waals surface area (Å²) in [5.41, 5.74) is 0.806. The third kappa shape index (κ3) is 6.79. The molecule has 1 aliphatic heterocycles. The summed E-state index contributed by atoms with van der Waals surface area (Å²) in [5, 5.41) is 10.8. The molecule has 1 fully saturated rings. The molecule has 3 N–H and O–H groups in total. The second-order valence-electron chi connectivity index (χ2n) is 9.57. The van der Waals surface area contributed by atoms with E-state index in [4.69, 9.17) is 4.52 Å². The topological polar surface area (TPSA) is 126 Å². The molecule has 1 aliphatic carbocycles. The van der Waals surface area contributed by atoms with Crippen molar-refractivity contribution in [2.75, 3.05) is 5.32 Å². The van der Waals surface area contributed by atoms with Crippen LogP contribution in [-0.2, 0) is 22.4 Å². The third-order valence-corrected chi connectivity index (χ3v) is 6.80. The van der Waals surface area contributed by atoms with Crippen molar-refractivity contribution in [3.8, 4) is 0 Å². The summed E-state index contributed by atoms with van der Waals surface area (Å²) >= 11 is 0. The standard InChI is InChI=1S/C25H26F5N5O4/c1-2-17-16(12-39-35-17)22(37)34-20(14-3-6-24(26,27)7-4-14)23(38)33-19-10-13(5-8-31-19)9-15-11-18(25(28,29)30)32-21(15)36/h5,8,10-12,14,18,20H,2-4,6-7,9H2,1H3,(H,32,36)(H,34,37)(H,31,33,38)/t18?,20-/m0/s1. The Morgan fingerprint density at radius 2 is 1.97 bits per heavy atom. The van der Waals surface area contributed by atoms with Gasteiger partial charge in [0.2, 0.25) is 17.7 Å². The molecule has 3 heterocycles. The van der Waals surface area contributed by atoms with Crippen LogP contribution in [0.25, 0.3) is 0 Å². The predicted molar refractivity (Wildman–Crippen MR) is 127 cm³/mol. The van der Waals surface area contributed by atoms with Gasteiger partial charge in [-0.05, 0) is 49.0 Å². The maximum absolute atomic E-state index is 13.8. The zero-order valence-electron chi connectivity index (χ0n) is 20.8. The fourth-order valence-electron chi connectivity index (χ4n) is 4.66. The third-order valence-electron chi connectivity index (χ3n) is 6.80. The van der Waals surface area contributed by atoms with Crippen molar-refractivity contribution < 1.29 is 40.9 Å². The Morgan fingerprint density at radius 1 is 1.26 bits per heavy atom.